The number of halogens is 1. The van der Waals surface area contributed by atoms with Crippen LogP contribution in [0.1, 0.15) is 56.6 Å². The van der Waals surface area contributed by atoms with Gasteiger partial charge in [0.05, 0.1) is 11.7 Å². The Bertz CT molecular complexity index is 1160. The summed E-state index contributed by atoms with van der Waals surface area (Å²) in [4.78, 5) is 28.9. The smallest absolute Gasteiger partial charge is 0.337 e. The van der Waals surface area contributed by atoms with Crippen LogP contribution in [-0.2, 0) is 14.3 Å². The number of allylic oxidation sites excluding steroid dienone is 3. The van der Waals surface area contributed by atoms with Crippen LogP contribution in [0, 0.1) is 0 Å². The number of hydrogen-bond donors (Lipinski definition) is 1. The molecule has 0 amide bonds. The molecule has 0 saturated carbocycles. The van der Waals surface area contributed by atoms with E-state index < -0.39 is 5.92 Å². The molecule has 0 aromatic heterocycles. The highest BCUT2D eigenvalue weighted by molar-refractivity contribution is 6.30. The second-order valence-electron chi connectivity index (χ2n) is 9.51. The molecule has 0 saturated heterocycles. The lowest BCUT2D eigenvalue weighted by Gasteiger charge is -2.37. The van der Waals surface area contributed by atoms with Crippen molar-refractivity contribution < 1.29 is 14.3 Å². The van der Waals surface area contributed by atoms with Crippen LogP contribution in [0.3, 0.4) is 0 Å². The number of Topliss-reactive ketones (excluding diaryl/α,β-unsaturated/α-hetero) is 1. The predicted molar refractivity (Wildman–Crippen MR) is 136 cm³/mol. The third-order valence-corrected chi connectivity index (χ3v) is 6.73. The first-order chi connectivity index (χ1) is 16.2. The van der Waals surface area contributed by atoms with Crippen LogP contribution in [0.5, 0.6) is 0 Å². The van der Waals surface area contributed by atoms with E-state index in [-0.39, 0.29) is 23.8 Å². The van der Waals surface area contributed by atoms with E-state index in [1.54, 1.807) is 0 Å². The molecule has 1 aliphatic carbocycles. The Morgan fingerprint density at radius 2 is 1.65 bits per heavy atom. The lowest BCUT2D eigenvalue weighted by atomic mass is 9.71. The van der Waals surface area contributed by atoms with E-state index in [1.165, 1.54) is 0 Å². The van der Waals surface area contributed by atoms with Gasteiger partial charge < -0.3 is 15.0 Å². The summed E-state index contributed by atoms with van der Waals surface area (Å²) in [6, 6.07) is 15.7. The molecular formula is C28H31ClN2O3. The molecule has 2 unspecified atom stereocenters. The van der Waals surface area contributed by atoms with Crippen LogP contribution in [-0.4, -0.2) is 32.0 Å². The molecule has 1 aliphatic heterocycles. The lowest BCUT2D eigenvalue weighted by Crippen LogP contribution is -2.36. The molecule has 6 heteroatoms. The zero-order chi connectivity index (χ0) is 24.6. The average molecular weight is 479 g/mol. The fourth-order valence-corrected chi connectivity index (χ4v) is 4.98. The first-order valence-electron chi connectivity index (χ1n) is 11.6. The van der Waals surface area contributed by atoms with Crippen molar-refractivity contribution >= 4 is 29.0 Å². The van der Waals surface area contributed by atoms with Gasteiger partial charge >= 0.3 is 5.97 Å². The highest BCUT2D eigenvalue weighted by Gasteiger charge is 2.41. The van der Waals surface area contributed by atoms with E-state index in [1.807, 2.05) is 88.3 Å². The minimum atomic E-state index is -0.461. The SMILES string of the molecule is CC1=C(C(=O)OC(C)C)C(c2ccc(N(C)C)cc2)C2=C(CC(c3ccc(Cl)cc3)CC2=O)N1. The summed E-state index contributed by atoms with van der Waals surface area (Å²) in [7, 11) is 3.97. The minimum Gasteiger partial charge on any atom is -0.460 e. The second-order valence-corrected chi connectivity index (χ2v) is 9.95. The van der Waals surface area contributed by atoms with Gasteiger partial charge in [0.25, 0.3) is 0 Å². The maximum atomic E-state index is 13.6. The van der Waals surface area contributed by atoms with Crippen LogP contribution in [0.4, 0.5) is 5.69 Å². The zero-order valence-electron chi connectivity index (χ0n) is 20.3. The summed E-state index contributed by atoms with van der Waals surface area (Å²) in [5.41, 5.74) is 5.84. The molecule has 1 N–H and O–H groups in total. The lowest BCUT2D eigenvalue weighted by molar-refractivity contribution is -0.143. The Morgan fingerprint density at radius 1 is 1.03 bits per heavy atom. The second kappa shape index (κ2) is 9.67. The maximum Gasteiger partial charge on any atom is 0.337 e. The number of carbonyl (C=O) groups excluding carboxylic acids is 2. The van der Waals surface area contributed by atoms with Crippen LogP contribution in [0.25, 0.3) is 0 Å². The molecule has 0 radical (unpaired) electrons. The number of rotatable bonds is 5. The van der Waals surface area contributed by atoms with Crippen LogP contribution in [0.15, 0.2) is 71.1 Å². The molecular weight excluding hydrogens is 448 g/mol. The largest absolute Gasteiger partial charge is 0.460 e. The molecule has 2 aromatic rings. The van der Waals surface area contributed by atoms with Crippen molar-refractivity contribution in [1.29, 1.82) is 0 Å². The summed E-state index contributed by atoms with van der Waals surface area (Å²) in [5.74, 6) is -0.735. The molecule has 178 valence electrons. The van der Waals surface area contributed by atoms with Gasteiger partial charge in [0.1, 0.15) is 0 Å². The van der Waals surface area contributed by atoms with E-state index in [0.717, 1.165) is 28.2 Å². The van der Waals surface area contributed by atoms with E-state index in [2.05, 4.69) is 5.32 Å². The normalized spacial score (nSPS) is 20.3. The topological polar surface area (TPSA) is 58.6 Å². The van der Waals surface area contributed by atoms with Gasteiger partial charge in [0, 0.05) is 54.1 Å². The van der Waals surface area contributed by atoms with Crippen molar-refractivity contribution in [3.05, 3.63) is 87.2 Å². The standard InChI is InChI=1S/C28H31ClN2O3/c1-16(2)34-28(33)25-17(3)30-23-14-20(18-6-10-21(29)11-7-18)15-24(32)27(23)26(25)19-8-12-22(13-9-19)31(4)5/h6-13,16,20,26,30H,14-15H2,1-5H3. The third-order valence-electron chi connectivity index (χ3n) is 6.47. The van der Waals surface area contributed by atoms with Gasteiger partial charge in [-0.05, 0) is 68.5 Å². The van der Waals surface area contributed by atoms with Crippen LogP contribution < -0.4 is 10.2 Å². The Kier molecular flexibility index (Phi) is 6.85. The number of nitrogens with zero attached hydrogens (tertiary/aromatic N) is 1. The number of carbonyl (C=O) groups is 2. The fraction of sp³-hybridized carbons (Fsp3) is 0.357. The number of esters is 1. The first-order valence-corrected chi connectivity index (χ1v) is 12.0. The molecule has 5 nitrogen and oxygen atoms in total. The molecule has 1 heterocycles. The number of hydrogen-bond acceptors (Lipinski definition) is 5. The van der Waals surface area contributed by atoms with E-state index >= 15 is 0 Å². The number of nitrogens with one attached hydrogen (secondary N) is 1. The van der Waals surface area contributed by atoms with Crippen molar-refractivity contribution in [2.75, 3.05) is 19.0 Å². The highest BCUT2D eigenvalue weighted by Crippen LogP contribution is 2.46. The van der Waals surface area contributed by atoms with E-state index in [0.29, 0.717) is 29.0 Å². The van der Waals surface area contributed by atoms with Gasteiger partial charge in [-0.25, -0.2) is 4.79 Å². The van der Waals surface area contributed by atoms with Crippen LogP contribution in [0.2, 0.25) is 5.02 Å². The van der Waals surface area contributed by atoms with Gasteiger partial charge in [0.15, 0.2) is 5.78 Å². The summed E-state index contributed by atoms with van der Waals surface area (Å²) in [6.07, 6.45) is 0.829. The summed E-state index contributed by atoms with van der Waals surface area (Å²) in [5, 5.41) is 4.07. The third kappa shape index (κ3) is 4.76. The molecule has 0 spiro atoms. The molecule has 4 rings (SSSR count). The van der Waals surface area contributed by atoms with Crippen LogP contribution >= 0.6 is 11.6 Å². The molecule has 2 aliphatic rings. The maximum absolute atomic E-state index is 13.6. The van der Waals surface area contributed by atoms with Gasteiger partial charge in [-0.1, -0.05) is 35.9 Å². The number of anilines is 1. The van der Waals surface area contributed by atoms with Crippen molar-refractivity contribution in [1.82, 2.24) is 5.32 Å². The Hall–Kier alpha value is -3.05. The molecule has 0 bridgehead atoms. The number of ketones is 1. The predicted octanol–water partition coefficient (Wildman–Crippen LogP) is 5.72. The molecule has 2 aromatic carbocycles. The Labute approximate surface area is 206 Å². The first kappa shape index (κ1) is 24.1. The Morgan fingerprint density at radius 3 is 2.24 bits per heavy atom. The molecule has 2 atom stereocenters. The number of benzene rings is 2. The molecule has 0 fully saturated rings. The Balaban J connectivity index is 1.78. The molecule has 34 heavy (non-hydrogen) atoms. The zero-order valence-corrected chi connectivity index (χ0v) is 21.1. The summed E-state index contributed by atoms with van der Waals surface area (Å²) >= 11 is 6.07. The van der Waals surface area contributed by atoms with Crippen molar-refractivity contribution in [2.45, 2.75) is 51.6 Å². The number of ether oxygens (including phenoxy) is 1. The van der Waals surface area contributed by atoms with Gasteiger partial charge in [-0.3, -0.25) is 4.79 Å². The van der Waals surface area contributed by atoms with Gasteiger partial charge in [0.2, 0.25) is 0 Å². The minimum absolute atomic E-state index is 0.0535. The fourth-order valence-electron chi connectivity index (χ4n) is 4.86. The number of dihydropyridines is 1. The van der Waals surface area contributed by atoms with Gasteiger partial charge in [-0.15, -0.1) is 0 Å². The summed E-state index contributed by atoms with van der Waals surface area (Å²) in [6.45, 7) is 5.55. The van der Waals surface area contributed by atoms with E-state index in [4.69, 9.17) is 16.3 Å². The van der Waals surface area contributed by atoms with Crippen molar-refractivity contribution in [3.63, 3.8) is 0 Å². The van der Waals surface area contributed by atoms with Gasteiger partial charge in [-0.2, -0.15) is 0 Å². The average Bonchev–Trinajstić information content (AvgIpc) is 2.78. The highest BCUT2D eigenvalue weighted by atomic mass is 35.5. The quantitative estimate of drug-likeness (QED) is 0.557. The van der Waals surface area contributed by atoms with Crippen molar-refractivity contribution in [2.24, 2.45) is 0 Å². The van der Waals surface area contributed by atoms with Crippen molar-refractivity contribution in [3.8, 4) is 0 Å². The summed E-state index contributed by atoms with van der Waals surface area (Å²) < 4.78 is 5.60. The monoisotopic (exact) mass is 478 g/mol. The van der Waals surface area contributed by atoms with E-state index in [9.17, 15) is 9.59 Å².